The van der Waals surface area contributed by atoms with Gasteiger partial charge in [0.2, 0.25) is 5.91 Å². The van der Waals surface area contributed by atoms with Crippen LogP contribution in [-0.2, 0) is 17.9 Å². The quantitative estimate of drug-likeness (QED) is 0.616. The molecule has 0 saturated carbocycles. The van der Waals surface area contributed by atoms with Crippen LogP contribution in [0, 0.1) is 0 Å². The summed E-state index contributed by atoms with van der Waals surface area (Å²) in [6, 6.07) is 1.95. The fourth-order valence-corrected chi connectivity index (χ4v) is 1.62. The van der Waals surface area contributed by atoms with Crippen molar-refractivity contribution in [3.8, 4) is 0 Å². The lowest BCUT2D eigenvalue weighted by atomic mass is 10.3. The van der Waals surface area contributed by atoms with E-state index in [1.165, 1.54) is 0 Å². The van der Waals surface area contributed by atoms with Gasteiger partial charge in [0.05, 0.1) is 18.8 Å². The van der Waals surface area contributed by atoms with E-state index in [0.29, 0.717) is 6.54 Å². The highest BCUT2D eigenvalue weighted by atomic mass is 16.2. The number of hydrogen-bond acceptors (Lipinski definition) is 2. The van der Waals surface area contributed by atoms with Crippen molar-refractivity contribution < 1.29 is 4.79 Å². The van der Waals surface area contributed by atoms with Crippen molar-refractivity contribution in [2.75, 3.05) is 6.54 Å². The molecule has 0 unspecified atom stereocenters. The van der Waals surface area contributed by atoms with Crippen LogP contribution in [0.25, 0.3) is 0 Å². The van der Waals surface area contributed by atoms with Crippen LogP contribution in [0.3, 0.4) is 0 Å². The van der Waals surface area contributed by atoms with Crippen LogP contribution in [-0.4, -0.2) is 27.1 Å². The molecule has 1 aliphatic rings. The maximum Gasteiger partial charge on any atom is 0.246 e. The van der Waals surface area contributed by atoms with E-state index in [1.54, 1.807) is 18.3 Å². The molecule has 0 spiro atoms. The monoisotopic (exact) mass is 191 g/mol. The summed E-state index contributed by atoms with van der Waals surface area (Å²) < 4.78 is 1.94. The largest absolute Gasteiger partial charge is 0.331 e. The number of carbonyl (C=O) groups is 1. The Morgan fingerprint density at radius 1 is 1.57 bits per heavy atom. The van der Waals surface area contributed by atoms with E-state index in [-0.39, 0.29) is 5.91 Å². The van der Waals surface area contributed by atoms with Gasteiger partial charge in [-0.1, -0.05) is 6.08 Å². The topological polar surface area (TPSA) is 38.1 Å². The molecule has 14 heavy (non-hydrogen) atoms. The third-order valence-corrected chi connectivity index (χ3v) is 2.36. The molecular formula is C10H13N3O. The first-order valence-corrected chi connectivity index (χ1v) is 4.73. The maximum atomic E-state index is 11.5. The molecule has 0 saturated heterocycles. The first kappa shape index (κ1) is 8.99. The molecule has 1 aliphatic heterocycles. The van der Waals surface area contributed by atoms with Crippen LogP contribution >= 0.6 is 0 Å². The van der Waals surface area contributed by atoms with Gasteiger partial charge >= 0.3 is 0 Å². The first-order chi connectivity index (χ1) is 6.81. The number of allylic oxidation sites excluding steroid dienone is 1. The lowest BCUT2D eigenvalue weighted by molar-refractivity contribution is -0.127. The second-order valence-corrected chi connectivity index (χ2v) is 3.31. The molecule has 0 radical (unpaired) electrons. The Balaban J connectivity index is 2.11. The van der Waals surface area contributed by atoms with E-state index in [4.69, 9.17) is 0 Å². The van der Waals surface area contributed by atoms with Gasteiger partial charge in [-0.3, -0.25) is 9.48 Å². The molecule has 1 aromatic rings. The predicted octanol–water partition coefficient (Wildman–Crippen LogP) is 0.801. The van der Waals surface area contributed by atoms with Gasteiger partial charge in [0, 0.05) is 12.7 Å². The van der Waals surface area contributed by atoms with Crippen LogP contribution in [0.2, 0.25) is 0 Å². The average molecular weight is 191 g/mol. The minimum absolute atomic E-state index is 0.0833. The predicted molar refractivity (Wildman–Crippen MR) is 52.5 cm³/mol. The van der Waals surface area contributed by atoms with E-state index in [0.717, 1.165) is 18.8 Å². The molecule has 4 nitrogen and oxygen atoms in total. The molecule has 2 rings (SSSR count). The van der Waals surface area contributed by atoms with Gasteiger partial charge in [-0.25, -0.2) is 0 Å². The number of nitrogens with zero attached hydrogens (tertiary/aromatic N) is 3. The van der Waals surface area contributed by atoms with Gasteiger partial charge in [0.1, 0.15) is 0 Å². The summed E-state index contributed by atoms with van der Waals surface area (Å²) in [7, 11) is 0. The number of rotatable bonds is 1. The van der Waals surface area contributed by atoms with Gasteiger partial charge in [-0.2, -0.15) is 5.10 Å². The second kappa shape index (κ2) is 3.65. The van der Waals surface area contributed by atoms with E-state index < -0.39 is 0 Å². The van der Waals surface area contributed by atoms with Crippen molar-refractivity contribution in [2.45, 2.75) is 20.0 Å². The Hall–Kier alpha value is -1.58. The molecule has 0 fully saturated rings. The summed E-state index contributed by atoms with van der Waals surface area (Å²) in [5.41, 5.74) is 1.11. The fraction of sp³-hybridized carbons (Fsp3) is 0.400. The molecule has 74 valence electrons. The Morgan fingerprint density at radius 2 is 2.43 bits per heavy atom. The minimum atomic E-state index is 0.0833. The second-order valence-electron chi connectivity index (χ2n) is 3.31. The first-order valence-electron chi connectivity index (χ1n) is 4.73. The number of fused-ring (bicyclic) bond motifs is 1. The molecule has 0 atom stereocenters. The van der Waals surface area contributed by atoms with Crippen molar-refractivity contribution in [1.29, 1.82) is 0 Å². The zero-order valence-electron chi connectivity index (χ0n) is 8.18. The van der Waals surface area contributed by atoms with Crippen LogP contribution in [0.15, 0.2) is 24.4 Å². The van der Waals surface area contributed by atoms with Crippen molar-refractivity contribution >= 4 is 5.91 Å². The number of aromatic nitrogens is 2. The maximum absolute atomic E-state index is 11.5. The molecule has 0 aliphatic carbocycles. The van der Waals surface area contributed by atoms with Crippen LogP contribution in [0.1, 0.15) is 12.6 Å². The molecule has 2 heterocycles. The standard InChI is InChI=1S/C10H13N3O/c1-2-3-10(14)12-6-7-13-9(8-12)4-5-11-13/h2-5H,6-8H2,1H3. The summed E-state index contributed by atoms with van der Waals surface area (Å²) in [5.74, 6) is 0.0833. The molecule has 1 amide bonds. The Bertz CT molecular complexity index is 367. The summed E-state index contributed by atoms with van der Waals surface area (Å²) in [6.45, 7) is 4.07. The summed E-state index contributed by atoms with van der Waals surface area (Å²) in [6.07, 6.45) is 5.15. The van der Waals surface area contributed by atoms with Crippen molar-refractivity contribution in [1.82, 2.24) is 14.7 Å². The normalized spacial score (nSPS) is 15.9. The van der Waals surface area contributed by atoms with E-state index in [9.17, 15) is 4.79 Å². The number of carbonyl (C=O) groups excluding carboxylic acids is 1. The van der Waals surface area contributed by atoms with Crippen LogP contribution in [0.4, 0.5) is 0 Å². The molecule has 1 aromatic heterocycles. The highest BCUT2D eigenvalue weighted by Crippen LogP contribution is 2.10. The van der Waals surface area contributed by atoms with Gasteiger partial charge in [-0.15, -0.1) is 0 Å². The lowest BCUT2D eigenvalue weighted by Crippen LogP contribution is -2.37. The molecular weight excluding hydrogens is 178 g/mol. The van der Waals surface area contributed by atoms with Gasteiger partial charge < -0.3 is 4.90 Å². The smallest absolute Gasteiger partial charge is 0.246 e. The Kier molecular flexibility index (Phi) is 2.35. The third kappa shape index (κ3) is 1.55. The van der Waals surface area contributed by atoms with Crippen LogP contribution in [0.5, 0.6) is 0 Å². The zero-order chi connectivity index (χ0) is 9.97. The molecule has 4 heteroatoms. The third-order valence-electron chi connectivity index (χ3n) is 2.36. The Morgan fingerprint density at radius 3 is 3.21 bits per heavy atom. The van der Waals surface area contributed by atoms with Crippen molar-refractivity contribution in [3.05, 3.63) is 30.1 Å². The van der Waals surface area contributed by atoms with Gasteiger partial charge in [0.25, 0.3) is 0 Å². The highest BCUT2D eigenvalue weighted by molar-refractivity contribution is 5.87. The van der Waals surface area contributed by atoms with Crippen LogP contribution < -0.4 is 0 Å². The van der Waals surface area contributed by atoms with Gasteiger partial charge in [0.15, 0.2) is 0 Å². The van der Waals surface area contributed by atoms with Crippen molar-refractivity contribution in [2.24, 2.45) is 0 Å². The Labute approximate surface area is 82.8 Å². The minimum Gasteiger partial charge on any atom is -0.331 e. The SMILES string of the molecule is CC=CC(=O)N1CCn2nccc2C1. The number of amides is 1. The zero-order valence-corrected chi connectivity index (χ0v) is 8.18. The molecule has 0 N–H and O–H groups in total. The highest BCUT2D eigenvalue weighted by Gasteiger charge is 2.18. The number of hydrogen-bond donors (Lipinski definition) is 0. The van der Waals surface area contributed by atoms with E-state index in [1.807, 2.05) is 22.6 Å². The van der Waals surface area contributed by atoms with Crippen molar-refractivity contribution in [3.63, 3.8) is 0 Å². The summed E-state index contributed by atoms with van der Waals surface area (Å²) >= 11 is 0. The average Bonchev–Trinajstić information content (AvgIpc) is 2.64. The van der Waals surface area contributed by atoms with E-state index >= 15 is 0 Å². The molecule has 0 aromatic carbocycles. The van der Waals surface area contributed by atoms with Gasteiger partial charge in [-0.05, 0) is 19.1 Å². The lowest BCUT2D eigenvalue weighted by Gasteiger charge is -2.26. The molecule has 0 bridgehead atoms. The summed E-state index contributed by atoms with van der Waals surface area (Å²) in [5, 5.41) is 4.16. The van der Waals surface area contributed by atoms with E-state index in [2.05, 4.69) is 5.10 Å². The summed E-state index contributed by atoms with van der Waals surface area (Å²) in [4.78, 5) is 13.4. The fourth-order valence-electron chi connectivity index (χ4n) is 1.62.